The molecular weight excluding hydrogens is 216 g/mol. The summed E-state index contributed by atoms with van der Waals surface area (Å²) in [6, 6.07) is 0.736. The molecule has 2 unspecified atom stereocenters. The van der Waals surface area contributed by atoms with Crippen LogP contribution in [0.3, 0.4) is 0 Å². The third kappa shape index (κ3) is 2.80. The Kier molecular flexibility index (Phi) is 4.05. The average Bonchev–Trinajstić information content (AvgIpc) is 2.30. The molecule has 2 bridgehead atoms. The maximum Gasteiger partial charge on any atom is 0.304 e. The Morgan fingerprint density at radius 1 is 1.47 bits per heavy atom. The fourth-order valence-corrected chi connectivity index (χ4v) is 3.55. The third-order valence-corrected chi connectivity index (χ3v) is 4.45. The molecule has 0 aromatic heterocycles. The van der Waals surface area contributed by atoms with E-state index >= 15 is 0 Å². The zero-order chi connectivity index (χ0) is 12.4. The summed E-state index contributed by atoms with van der Waals surface area (Å²) in [5.41, 5.74) is 0. The molecule has 4 heteroatoms. The van der Waals surface area contributed by atoms with Gasteiger partial charge in [0, 0.05) is 18.6 Å². The maximum absolute atomic E-state index is 10.8. The number of piperidine rings is 3. The summed E-state index contributed by atoms with van der Waals surface area (Å²) >= 11 is 0. The standard InChI is InChI=1S/C13H24N2O2/c1-3-15(10(2)8-13(16)17)12-9-14-6-4-11(12)5-7-14/h10-12H,3-9H2,1-2H3,(H,16,17). The summed E-state index contributed by atoms with van der Waals surface area (Å²) in [6.07, 6.45) is 2.85. The Morgan fingerprint density at radius 2 is 2.12 bits per heavy atom. The second-order valence-corrected chi connectivity index (χ2v) is 5.48. The van der Waals surface area contributed by atoms with E-state index in [-0.39, 0.29) is 12.5 Å². The molecule has 98 valence electrons. The summed E-state index contributed by atoms with van der Waals surface area (Å²) in [5, 5.41) is 8.92. The monoisotopic (exact) mass is 240 g/mol. The van der Waals surface area contributed by atoms with Crippen LogP contribution in [0.2, 0.25) is 0 Å². The molecule has 0 aromatic carbocycles. The van der Waals surface area contributed by atoms with Crippen LogP contribution < -0.4 is 0 Å². The molecular formula is C13H24N2O2. The largest absolute Gasteiger partial charge is 0.481 e. The van der Waals surface area contributed by atoms with E-state index in [2.05, 4.69) is 23.6 Å². The quantitative estimate of drug-likeness (QED) is 0.786. The van der Waals surface area contributed by atoms with E-state index in [0.717, 1.165) is 19.0 Å². The van der Waals surface area contributed by atoms with Crippen molar-refractivity contribution in [3.8, 4) is 0 Å². The van der Waals surface area contributed by atoms with Crippen LogP contribution >= 0.6 is 0 Å². The Morgan fingerprint density at radius 3 is 2.53 bits per heavy atom. The summed E-state index contributed by atoms with van der Waals surface area (Å²) in [6.45, 7) is 8.79. The van der Waals surface area contributed by atoms with Crippen molar-refractivity contribution < 1.29 is 9.90 Å². The lowest BCUT2D eigenvalue weighted by Gasteiger charge is -2.50. The number of fused-ring (bicyclic) bond motifs is 3. The lowest BCUT2D eigenvalue weighted by Crippen LogP contribution is -2.59. The van der Waals surface area contributed by atoms with Gasteiger partial charge in [-0.1, -0.05) is 6.92 Å². The van der Waals surface area contributed by atoms with Gasteiger partial charge in [-0.15, -0.1) is 0 Å². The fourth-order valence-electron chi connectivity index (χ4n) is 3.55. The molecule has 0 radical (unpaired) electrons. The van der Waals surface area contributed by atoms with Crippen LogP contribution in [0, 0.1) is 5.92 Å². The average molecular weight is 240 g/mol. The normalized spacial score (nSPS) is 33.9. The number of carbonyl (C=O) groups is 1. The Labute approximate surface area is 104 Å². The van der Waals surface area contributed by atoms with Gasteiger partial charge in [0.25, 0.3) is 0 Å². The van der Waals surface area contributed by atoms with Crippen LogP contribution in [-0.4, -0.2) is 59.1 Å². The molecule has 0 saturated carbocycles. The van der Waals surface area contributed by atoms with Gasteiger partial charge in [0.15, 0.2) is 0 Å². The summed E-state index contributed by atoms with van der Waals surface area (Å²) in [7, 11) is 0. The van der Waals surface area contributed by atoms with Crippen molar-refractivity contribution in [3.63, 3.8) is 0 Å². The second-order valence-electron chi connectivity index (χ2n) is 5.48. The number of rotatable bonds is 5. The van der Waals surface area contributed by atoms with Gasteiger partial charge in [0.2, 0.25) is 0 Å². The number of likely N-dealkylation sites (N-methyl/N-ethyl adjacent to an activating group) is 1. The van der Waals surface area contributed by atoms with Crippen LogP contribution in [0.5, 0.6) is 0 Å². The zero-order valence-corrected chi connectivity index (χ0v) is 10.9. The van der Waals surface area contributed by atoms with Gasteiger partial charge in [-0.25, -0.2) is 0 Å². The van der Waals surface area contributed by atoms with E-state index in [9.17, 15) is 4.79 Å². The zero-order valence-electron chi connectivity index (χ0n) is 10.9. The molecule has 3 fully saturated rings. The first kappa shape index (κ1) is 12.8. The Hall–Kier alpha value is -0.610. The highest BCUT2D eigenvalue weighted by Gasteiger charge is 2.38. The van der Waals surface area contributed by atoms with Crippen molar-refractivity contribution in [3.05, 3.63) is 0 Å². The molecule has 17 heavy (non-hydrogen) atoms. The van der Waals surface area contributed by atoms with E-state index in [1.54, 1.807) is 0 Å². The van der Waals surface area contributed by atoms with Crippen molar-refractivity contribution in [2.75, 3.05) is 26.2 Å². The molecule has 3 rings (SSSR count). The molecule has 0 spiro atoms. The first-order valence-corrected chi connectivity index (χ1v) is 6.81. The van der Waals surface area contributed by atoms with Gasteiger partial charge in [0.1, 0.15) is 0 Å². The summed E-state index contributed by atoms with van der Waals surface area (Å²) < 4.78 is 0. The van der Waals surface area contributed by atoms with Crippen LogP contribution in [0.15, 0.2) is 0 Å². The fraction of sp³-hybridized carbons (Fsp3) is 0.923. The van der Waals surface area contributed by atoms with Crippen molar-refractivity contribution in [1.82, 2.24) is 9.80 Å². The van der Waals surface area contributed by atoms with Crippen molar-refractivity contribution in [2.45, 2.75) is 45.2 Å². The number of hydrogen-bond donors (Lipinski definition) is 1. The van der Waals surface area contributed by atoms with Gasteiger partial charge in [0.05, 0.1) is 6.42 Å². The molecule has 1 N–H and O–H groups in total. The first-order valence-electron chi connectivity index (χ1n) is 6.81. The highest BCUT2D eigenvalue weighted by atomic mass is 16.4. The van der Waals surface area contributed by atoms with E-state index in [0.29, 0.717) is 6.04 Å². The first-order chi connectivity index (χ1) is 8.11. The predicted octanol–water partition coefficient (Wildman–Crippen LogP) is 1.27. The number of nitrogens with zero attached hydrogens (tertiary/aromatic N) is 2. The highest BCUT2D eigenvalue weighted by molar-refractivity contribution is 5.67. The van der Waals surface area contributed by atoms with Crippen molar-refractivity contribution >= 4 is 5.97 Å². The number of hydrogen-bond acceptors (Lipinski definition) is 3. The van der Waals surface area contributed by atoms with E-state index in [4.69, 9.17) is 5.11 Å². The SMILES string of the molecule is CCN(C(C)CC(=O)O)C1CN2CCC1CC2. The van der Waals surface area contributed by atoms with Gasteiger partial charge in [-0.05, 0) is 45.3 Å². The van der Waals surface area contributed by atoms with Gasteiger partial charge in [-0.3, -0.25) is 9.69 Å². The minimum Gasteiger partial charge on any atom is -0.481 e. The molecule has 3 aliphatic rings. The minimum absolute atomic E-state index is 0.156. The smallest absolute Gasteiger partial charge is 0.304 e. The minimum atomic E-state index is -0.683. The lowest BCUT2D eigenvalue weighted by molar-refractivity contribution is -0.139. The molecule has 3 heterocycles. The van der Waals surface area contributed by atoms with Gasteiger partial charge < -0.3 is 10.0 Å². The van der Waals surface area contributed by atoms with Gasteiger partial charge in [-0.2, -0.15) is 0 Å². The number of carboxylic acid groups (broad SMARTS) is 1. The molecule has 3 aliphatic heterocycles. The van der Waals surface area contributed by atoms with Gasteiger partial charge >= 0.3 is 5.97 Å². The van der Waals surface area contributed by atoms with Crippen LogP contribution in [0.4, 0.5) is 0 Å². The predicted molar refractivity (Wildman–Crippen MR) is 67.0 cm³/mol. The third-order valence-electron chi connectivity index (χ3n) is 4.45. The molecule has 2 atom stereocenters. The molecule has 0 amide bonds. The summed E-state index contributed by atoms with van der Waals surface area (Å²) in [5.74, 6) is 0.105. The molecule has 0 aliphatic carbocycles. The van der Waals surface area contributed by atoms with Crippen molar-refractivity contribution in [1.29, 1.82) is 0 Å². The number of carboxylic acids is 1. The van der Waals surface area contributed by atoms with Crippen molar-refractivity contribution in [2.24, 2.45) is 5.92 Å². The van der Waals surface area contributed by atoms with E-state index < -0.39 is 5.97 Å². The van der Waals surface area contributed by atoms with Crippen LogP contribution in [0.1, 0.15) is 33.1 Å². The molecule has 4 nitrogen and oxygen atoms in total. The van der Waals surface area contributed by atoms with Crippen LogP contribution in [0.25, 0.3) is 0 Å². The Bertz CT molecular complexity index is 275. The Balaban J connectivity index is 2.00. The topological polar surface area (TPSA) is 43.8 Å². The van der Waals surface area contributed by atoms with Crippen LogP contribution in [-0.2, 0) is 4.79 Å². The molecule has 0 aromatic rings. The van der Waals surface area contributed by atoms with E-state index in [1.807, 2.05) is 0 Å². The second kappa shape index (κ2) is 5.36. The van der Waals surface area contributed by atoms with E-state index in [1.165, 1.54) is 25.9 Å². The molecule has 3 saturated heterocycles. The lowest BCUT2D eigenvalue weighted by atomic mass is 9.82. The number of aliphatic carboxylic acids is 1. The maximum atomic E-state index is 10.8. The summed E-state index contributed by atoms with van der Waals surface area (Å²) in [4.78, 5) is 15.8. The highest BCUT2D eigenvalue weighted by Crippen LogP contribution is 2.32.